The summed E-state index contributed by atoms with van der Waals surface area (Å²) in [4.78, 5) is 28.0. The molecule has 0 aliphatic carbocycles. The van der Waals surface area contributed by atoms with Gasteiger partial charge in [-0.05, 0) is 71.8 Å². The van der Waals surface area contributed by atoms with E-state index in [2.05, 4.69) is 29.1 Å². The lowest BCUT2D eigenvalue weighted by Gasteiger charge is -2.33. The molecule has 0 radical (unpaired) electrons. The Kier molecular flexibility index (Phi) is 7.74. The average Bonchev–Trinajstić information content (AvgIpc) is 2.74. The Hall–Kier alpha value is -2.64. The van der Waals surface area contributed by atoms with Crippen LogP contribution in [0, 0.1) is 5.92 Å². The van der Waals surface area contributed by atoms with E-state index in [0.29, 0.717) is 43.5 Å². The number of aromatic nitrogens is 3. The maximum Gasteiger partial charge on any atom is 0.410 e. The summed E-state index contributed by atoms with van der Waals surface area (Å²) in [5.74, 6) is 1.65. The number of anilines is 1. The van der Waals surface area contributed by atoms with Crippen LogP contribution in [0.1, 0.15) is 66.4 Å². The topological polar surface area (TPSA) is 89.5 Å². The maximum absolute atomic E-state index is 12.4. The fourth-order valence-corrected chi connectivity index (χ4v) is 3.80. The first-order chi connectivity index (χ1) is 15.2. The summed E-state index contributed by atoms with van der Waals surface area (Å²) >= 11 is 0. The maximum atomic E-state index is 12.4. The number of carbonyl (C=O) groups excluding carboxylic acids is 1. The number of nitrogens with one attached hydrogen (secondary N) is 1. The van der Waals surface area contributed by atoms with E-state index >= 15 is 0 Å². The molecule has 3 rings (SSSR count). The molecule has 1 saturated heterocycles. The Morgan fingerprint density at radius 2 is 1.94 bits per heavy atom. The molecule has 2 aromatic rings. The van der Waals surface area contributed by atoms with Gasteiger partial charge in [0, 0.05) is 31.5 Å². The lowest BCUT2D eigenvalue weighted by Crippen LogP contribution is -2.42. The Morgan fingerprint density at radius 3 is 2.56 bits per heavy atom. The SMILES string of the molecule is CCOc1ncc(CC2CCN(C(=O)OC(C)(C)C)CC2)c2nc(N[C@@H](C)CC)ncc12. The fraction of sp³-hybridized carbons (Fsp3) is 0.667. The second-order valence-electron chi connectivity index (χ2n) is 9.55. The third kappa shape index (κ3) is 6.20. The van der Waals surface area contributed by atoms with Crippen molar-refractivity contribution in [3.8, 4) is 5.88 Å². The van der Waals surface area contributed by atoms with Crippen molar-refractivity contribution in [2.24, 2.45) is 5.92 Å². The van der Waals surface area contributed by atoms with Gasteiger partial charge in [0.15, 0.2) is 0 Å². The zero-order valence-electron chi connectivity index (χ0n) is 20.3. The lowest BCUT2D eigenvalue weighted by atomic mass is 9.90. The predicted molar refractivity (Wildman–Crippen MR) is 126 cm³/mol. The highest BCUT2D eigenvalue weighted by molar-refractivity contribution is 5.86. The smallest absolute Gasteiger partial charge is 0.410 e. The van der Waals surface area contributed by atoms with Gasteiger partial charge >= 0.3 is 6.09 Å². The molecule has 1 N–H and O–H groups in total. The van der Waals surface area contributed by atoms with Gasteiger partial charge in [0.05, 0.1) is 17.5 Å². The van der Waals surface area contributed by atoms with E-state index in [1.165, 1.54) is 0 Å². The average molecular weight is 444 g/mol. The summed E-state index contributed by atoms with van der Waals surface area (Å²) in [6.07, 6.45) is 7.17. The van der Waals surface area contributed by atoms with Crippen LogP contribution < -0.4 is 10.1 Å². The summed E-state index contributed by atoms with van der Waals surface area (Å²) in [5, 5.41) is 4.20. The van der Waals surface area contributed by atoms with Crippen LogP contribution in [0.4, 0.5) is 10.7 Å². The van der Waals surface area contributed by atoms with E-state index in [0.717, 1.165) is 42.1 Å². The molecule has 8 heteroatoms. The van der Waals surface area contributed by atoms with E-state index in [1.54, 1.807) is 6.20 Å². The second-order valence-corrected chi connectivity index (χ2v) is 9.55. The number of carbonyl (C=O) groups is 1. The molecule has 0 bridgehead atoms. The summed E-state index contributed by atoms with van der Waals surface area (Å²) < 4.78 is 11.2. The van der Waals surface area contributed by atoms with Crippen LogP contribution in [0.15, 0.2) is 12.4 Å². The van der Waals surface area contributed by atoms with Gasteiger partial charge < -0.3 is 19.7 Å². The molecule has 1 atom stereocenters. The van der Waals surface area contributed by atoms with E-state index in [4.69, 9.17) is 14.5 Å². The Bertz CT molecular complexity index is 920. The summed E-state index contributed by atoms with van der Waals surface area (Å²) in [6, 6.07) is 0.293. The van der Waals surface area contributed by atoms with Crippen LogP contribution in [0.5, 0.6) is 5.88 Å². The zero-order chi connectivity index (χ0) is 23.3. The molecule has 1 amide bonds. The quantitative estimate of drug-likeness (QED) is 0.656. The molecular weight excluding hydrogens is 406 g/mol. The van der Waals surface area contributed by atoms with Gasteiger partial charge in [-0.25, -0.2) is 19.7 Å². The molecule has 1 aliphatic rings. The largest absolute Gasteiger partial charge is 0.477 e. The van der Waals surface area contributed by atoms with Crippen molar-refractivity contribution in [1.82, 2.24) is 19.9 Å². The molecule has 32 heavy (non-hydrogen) atoms. The number of hydrogen-bond donors (Lipinski definition) is 1. The minimum absolute atomic E-state index is 0.224. The van der Waals surface area contributed by atoms with Crippen molar-refractivity contribution < 1.29 is 14.3 Å². The van der Waals surface area contributed by atoms with Crippen molar-refractivity contribution in [3.63, 3.8) is 0 Å². The van der Waals surface area contributed by atoms with Gasteiger partial charge in [-0.2, -0.15) is 0 Å². The van der Waals surface area contributed by atoms with Gasteiger partial charge in [-0.3, -0.25) is 0 Å². The van der Waals surface area contributed by atoms with Crippen LogP contribution in [-0.2, 0) is 11.2 Å². The number of nitrogens with zero attached hydrogens (tertiary/aromatic N) is 4. The van der Waals surface area contributed by atoms with Crippen LogP contribution in [0.3, 0.4) is 0 Å². The molecular formula is C24H37N5O3. The first-order valence-corrected chi connectivity index (χ1v) is 11.7. The van der Waals surface area contributed by atoms with Crippen molar-refractivity contribution >= 4 is 22.9 Å². The molecule has 0 spiro atoms. The first kappa shape index (κ1) is 24.0. The van der Waals surface area contributed by atoms with Crippen LogP contribution >= 0.6 is 0 Å². The predicted octanol–water partition coefficient (Wildman–Crippen LogP) is 4.82. The Labute approximate surface area is 191 Å². The lowest BCUT2D eigenvalue weighted by molar-refractivity contribution is 0.0184. The summed E-state index contributed by atoms with van der Waals surface area (Å²) in [5.41, 5.74) is 1.51. The number of likely N-dealkylation sites (tertiary alicyclic amines) is 1. The highest BCUT2D eigenvalue weighted by Gasteiger charge is 2.27. The Morgan fingerprint density at radius 1 is 1.22 bits per heavy atom. The van der Waals surface area contributed by atoms with Gasteiger partial charge in [0.2, 0.25) is 11.8 Å². The standard InChI is InChI=1S/C24H37N5O3/c1-7-16(3)27-22-26-15-19-20(28-22)18(14-25-21(19)31-8-2)13-17-9-11-29(12-10-17)23(30)32-24(4,5)6/h14-17H,7-13H2,1-6H3,(H,26,27,28)/t16-/m0/s1. The molecule has 0 saturated carbocycles. The first-order valence-electron chi connectivity index (χ1n) is 11.7. The fourth-order valence-electron chi connectivity index (χ4n) is 3.80. The normalized spacial score (nSPS) is 16.1. The number of piperidine rings is 1. The van der Waals surface area contributed by atoms with E-state index < -0.39 is 5.60 Å². The monoisotopic (exact) mass is 443 g/mol. The minimum atomic E-state index is -0.471. The number of pyridine rings is 1. The van der Waals surface area contributed by atoms with Crippen LogP contribution in [0.2, 0.25) is 0 Å². The van der Waals surface area contributed by atoms with E-state index in [9.17, 15) is 4.79 Å². The van der Waals surface area contributed by atoms with Crippen molar-refractivity contribution in [2.75, 3.05) is 25.0 Å². The molecule has 1 aliphatic heterocycles. The molecule has 1 fully saturated rings. The third-order valence-electron chi connectivity index (χ3n) is 5.70. The van der Waals surface area contributed by atoms with Crippen molar-refractivity contribution in [3.05, 3.63) is 18.0 Å². The van der Waals surface area contributed by atoms with E-state index in [-0.39, 0.29) is 6.09 Å². The van der Waals surface area contributed by atoms with Gasteiger partial charge in [0.25, 0.3) is 0 Å². The van der Waals surface area contributed by atoms with Crippen molar-refractivity contribution in [2.45, 2.75) is 78.9 Å². The Balaban J connectivity index is 1.76. The molecule has 0 unspecified atom stereocenters. The number of ether oxygens (including phenoxy) is 2. The van der Waals surface area contributed by atoms with Gasteiger partial charge in [-0.1, -0.05) is 6.92 Å². The molecule has 0 aromatic carbocycles. The number of rotatable bonds is 7. The molecule has 8 nitrogen and oxygen atoms in total. The highest BCUT2D eigenvalue weighted by atomic mass is 16.6. The van der Waals surface area contributed by atoms with Crippen LogP contribution in [-0.4, -0.2) is 57.3 Å². The third-order valence-corrected chi connectivity index (χ3v) is 5.70. The van der Waals surface area contributed by atoms with Gasteiger partial charge in [-0.15, -0.1) is 0 Å². The number of amides is 1. The highest BCUT2D eigenvalue weighted by Crippen LogP contribution is 2.30. The van der Waals surface area contributed by atoms with Crippen LogP contribution in [0.25, 0.3) is 10.9 Å². The molecule has 3 heterocycles. The molecule has 2 aromatic heterocycles. The number of fused-ring (bicyclic) bond motifs is 1. The van der Waals surface area contributed by atoms with Crippen molar-refractivity contribution in [1.29, 1.82) is 0 Å². The molecule has 176 valence electrons. The summed E-state index contributed by atoms with van der Waals surface area (Å²) in [6.45, 7) is 13.8. The summed E-state index contributed by atoms with van der Waals surface area (Å²) in [7, 11) is 0. The zero-order valence-corrected chi connectivity index (χ0v) is 20.3. The van der Waals surface area contributed by atoms with Gasteiger partial charge in [0.1, 0.15) is 5.60 Å². The second kappa shape index (κ2) is 10.3. The number of hydrogen-bond acceptors (Lipinski definition) is 7. The van der Waals surface area contributed by atoms with E-state index in [1.807, 2.05) is 38.8 Å². The minimum Gasteiger partial charge on any atom is -0.477 e.